The first-order chi connectivity index (χ1) is 15.8. The standard InChI is InChI=1S/C21H28O12/c1-28-18(26)10-6-30-12-4-8(10)3-9-11(19(27)29-2)7-31-20(14(9)12)33-21-17(25)16(24)15(23)13(5-22)32-21/h6-9,12-17,20-25H,3-5H2,1-2H3/t8-,9-,12-,13-,14+,15-,16+,17-,20-,21+/m1/s1. The summed E-state index contributed by atoms with van der Waals surface area (Å²) in [5, 5.41) is 39.8. The molecule has 0 unspecified atom stereocenters. The molecule has 4 aliphatic rings. The van der Waals surface area contributed by atoms with E-state index in [0.29, 0.717) is 18.4 Å². The fourth-order valence-electron chi connectivity index (χ4n) is 5.02. The van der Waals surface area contributed by atoms with E-state index in [1.807, 2.05) is 0 Å². The van der Waals surface area contributed by atoms with Gasteiger partial charge in [-0.05, 0) is 18.8 Å². The van der Waals surface area contributed by atoms with E-state index in [1.54, 1.807) is 0 Å². The van der Waals surface area contributed by atoms with Crippen LogP contribution in [0.25, 0.3) is 0 Å². The summed E-state index contributed by atoms with van der Waals surface area (Å²) in [6, 6.07) is 0. The Morgan fingerprint density at radius 2 is 1.61 bits per heavy atom. The molecule has 0 spiro atoms. The van der Waals surface area contributed by atoms with E-state index in [1.165, 1.54) is 26.7 Å². The molecule has 0 aromatic rings. The lowest BCUT2D eigenvalue weighted by atomic mass is 9.65. The first-order valence-corrected chi connectivity index (χ1v) is 10.6. The van der Waals surface area contributed by atoms with Gasteiger partial charge in [-0.1, -0.05) is 0 Å². The summed E-state index contributed by atoms with van der Waals surface area (Å²) in [6.07, 6.45) is -5.53. The SMILES string of the molecule is COC(=O)C1=CO[C@@H]2C[C@H]1C[C@@H]1C(C(=O)OC)=CO[C@H](O[C@@H]3O[C@H](CO)[C@@H](O)[C@H](O)[C@H]3O)[C@@H]12. The number of carbonyl (C=O) groups excluding carboxylic acids is 2. The minimum atomic E-state index is -1.62. The van der Waals surface area contributed by atoms with Gasteiger partial charge in [-0.25, -0.2) is 9.59 Å². The smallest absolute Gasteiger partial charge is 0.337 e. The van der Waals surface area contributed by atoms with Crippen LogP contribution in [0.2, 0.25) is 0 Å². The minimum Gasteiger partial charge on any atom is -0.497 e. The number of methoxy groups -OCH3 is 2. The summed E-state index contributed by atoms with van der Waals surface area (Å²) in [5.74, 6) is -2.36. The Hall–Kier alpha value is -2.22. The van der Waals surface area contributed by atoms with Crippen molar-refractivity contribution in [3.05, 3.63) is 23.7 Å². The van der Waals surface area contributed by atoms with Crippen molar-refractivity contribution in [3.63, 3.8) is 0 Å². The second-order valence-corrected chi connectivity index (χ2v) is 8.49. The van der Waals surface area contributed by atoms with E-state index in [4.69, 9.17) is 28.4 Å². The fraction of sp³-hybridized carbons (Fsp3) is 0.714. The zero-order valence-electron chi connectivity index (χ0n) is 18.1. The van der Waals surface area contributed by atoms with Crippen LogP contribution in [0.4, 0.5) is 0 Å². The third-order valence-corrected chi connectivity index (χ3v) is 6.76. The van der Waals surface area contributed by atoms with Gasteiger partial charge >= 0.3 is 11.9 Å². The Bertz CT molecular complexity index is 822. The van der Waals surface area contributed by atoms with Crippen molar-refractivity contribution in [3.8, 4) is 0 Å². The van der Waals surface area contributed by atoms with Gasteiger partial charge in [-0.3, -0.25) is 0 Å². The second kappa shape index (κ2) is 9.57. The first-order valence-electron chi connectivity index (χ1n) is 10.6. The van der Waals surface area contributed by atoms with E-state index in [9.17, 15) is 30.0 Å². The second-order valence-electron chi connectivity index (χ2n) is 8.49. The minimum absolute atomic E-state index is 0.225. The van der Waals surface area contributed by atoms with E-state index >= 15 is 0 Å². The van der Waals surface area contributed by atoms with E-state index in [-0.39, 0.29) is 11.5 Å². The van der Waals surface area contributed by atoms with Crippen molar-refractivity contribution >= 4 is 11.9 Å². The highest BCUT2D eigenvalue weighted by atomic mass is 16.8. The monoisotopic (exact) mass is 472 g/mol. The lowest BCUT2D eigenvalue weighted by Gasteiger charge is -2.49. The molecule has 2 bridgehead atoms. The molecule has 12 heteroatoms. The first kappa shape index (κ1) is 23.9. The molecule has 3 aliphatic heterocycles. The number of esters is 2. The largest absolute Gasteiger partial charge is 0.497 e. The van der Waals surface area contributed by atoms with Gasteiger partial charge in [-0.15, -0.1) is 0 Å². The third-order valence-electron chi connectivity index (χ3n) is 6.76. The highest BCUT2D eigenvalue weighted by molar-refractivity contribution is 5.90. The Balaban J connectivity index is 1.61. The summed E-state index contributed by atoms with van der Waals surface area (Å²) in [7, 11) is 2.52. The molecule has 1 saturated heterocycles. The van der Waals surface area contributed by atoms with Crippen molar-refractivity contribution in [1.82, 2.24) is 0 Å². The molecular weight excluding hydrogens is 444 g/mol. The highest BCUT2D eigenvalue weighted by Gasteiger charge is 2.54. The van der Waals surface area contributed by atoms with Crippen LogP contribution in [0, 0.1) is 17.8 Å². The molecule has 0 radical (unpaired) electrons. The van der Waals surface area contributed by atoms with Crippen molar-refractivity contribution in [2.75, 3.05) is 20.8 Å². The molecule has 4 N–H and O–H groups in total. The van der Waals surface area contributed by atoms with Crippen LogP contribution < -0.4 is 0 Å². The zero-order valence-corrected chi connectivity index (χ0v) is 18.1. The molecule has 10 atom stereocenters. The highest BCUT2D eigenvalue weighted by Crippen LogP contribution is 2.49. The maximum absolute atomic E-state index is 12.4. The molecular formula is C21H28O12. The van der Waals surface area contributed by atoms with Crippen LogP contribution in [0.1, 0.15) is 12.8 Å². The maximum Gasteiger partial charge on any atom is 0.337 e. The number of aliphatic hydroxyl groups is 4. The van der Waals surface area contributed by atoms with Crippen LogP contribution in [-0.2, 0) is 38.0 Å². The number of hydrogen-bond acceptors (Lipinski definition) is 12. The lowest BCUT2D eigenvalue weighted by molar-refractivity contribution is -0.347. The van der Waals surface area contributed by atoms with Gasteiger partial charge in [-0.2, -0.15) is 0 Å². The molecule has 1 aliphatic carbocycles. The van der Waals surface area contributed by atoms with Crippen LogP contribution in [0.15, 0.2) is 23.7 Å². The normalized spacial score (nSPS) is 42.0. The van der Waals surface area contributed by atoms with Crippen molar-refractivity contribution in [1.29, 1.82) is 0 Å². The van der Waals surface area contributed by atoms with Crippen LogP contribution in [-0.4, -0.2) is 96.3 Å². The van der Waals surface area contributed by atoms with Gasteiger partial charge in [0.15, 0.2) is 6.29 Å². The van der Waals surface area contributed by atoms with Gasteiger partial charge in [0, 0.05) is 5.92 Å². The number of fused-ring (bicyclic) bond motifs is 4. The predicted molar refractivity (Wildman–Crippen MR) is 105 cm³/mol. The maximum atomic E-state index is 12.4. The van der Waals surface area contributed by atoms with Crippen LogP contribution >= 0.6 is 0 Å². The van der Waals surface area contributed by atoms with Crippen LogP contribution in [0.5, 0.6) is 0 Å². The lowest BCUT2D eigenvalue weighted by Crippen LogP contribution is -2.61. The molecule has 184 valence electrons. The Morgan fingerprint density at radius 3 is 2.27 bits per heavy atom. The van der Waals surface area contributed by atoms with E-state index < -0.39 is 73.5 Å². The summed E-state index contributed by atoms with van der Waals surface area (Å²) in [5.41, 5.74) is 0.620. The number of aliphatic hydroxyl groups excluding tert-OH is 4. The molecule has 2 fully saturated rings. The molecule has 0 aromatic carbocycles. The Morgan fingerprint density at radius 1 is 0.939 bits per heavy atom. The van der Waals surface area contributed by atoms with Crippen molar-refractivity contribution < 1.29 is 58.4 Å². The number of rotatable bonds is 5. The van der Waals surface area contributed by atoms with Gasteiger partial charge in [0.05, 0.1) is 50.4 Å². The topological polar surface area (TPSA) is 170 Å². The molecule has 3 heterocycles. The Kier molecular flexibility index (Phi) is 6.93. The van der Waals surface area contributed by atoms with Gasteiger partial charge in [0.25, 0.3) is 0 Å². The van der Waals surface area contributed by atoms with Crippen LogP contribution in [0.3, 0.4) is 0 Å². The van der Waals surface area contributed by atoms with Gasteiger partial charge in [0.2, 0.25) is 6.29 Å². The average molecular weight is 472 g/mol. The number of carbonyl (C=O) groups is 2. The number of hydrogen-bond donors (Lipinski definition) is 4. The average Bonchev–Trinajstić information content (AvgIpc) is 2.83. The Labute approximate surface area is 189 Å². The van der Waals surface area contributed by atoms with Crippen molar-refractivity contribution in [2.45, 2.75) is 55.9 Å². The fourth-order valence-corrected chi connectivity index (χ4v) is 5.02. The van der Waals surface area contributed by atoms with E-state index in [0.717, 1.165) is 0 Å². The molecule has 4 rings (SSSR count). The summed E-state index contributed by atoms with van der Waals surface area (Å²) in [4.78, 5) is 24.6. The third kappa shape index (κ3) is 4.22. The molecule has 0 amide bonds. The molecule has 33 heavy (non-hydrogen) atoms. The summed E-state index contributed by atoms with van der Waals surface area (Å²) < 4.78 is 32.5. The molecule has 0 aromatic heterocycles. The molecule has 12 nitrogen and oxygen atoms in total. The van der Waals surface area contributed by atoms with Crippen molar-refractivity contribution in [2.24, 2.45) is 17.8 Å². The van der Waals surface area contributed by atoms with Gasteiger partial charge < -0.3 is 48.8 Å². The summed E-state index contributed by atoms with van der Waals surface area (Å²) in [6.45, 7) is -0.608. The summed E-state index contributed by atoms with van der Waals surface area (Å²) >= 11 is 0. The quantitative estimate of drug-likeness (QED) is 0.335. The predicted octanol–water partition coefficient (Wildman–Crippen LogP) is -1.69. The van der Waals surface area contributed by atoms with E-state index in [2.05, 4.69) is 0 Å². The zero-order chi connectivity index (χ0) is 23.9. The molecule has 1 saturated carbocycles. The number of ether oxygens (including phenoxy) is 6. The van der Waals surface area contributed by atoms with Gasteiger partial charge in [0.1, 0.15) is 30.5 Å².